The maximum atomic E-state index is 14.1. The predicted octanol–water partition coefficient (Wildman–Crippen LogP) is 4.72. The van der Waals surface area contributed by atoms with Gasteiger partial charge in [-0.25, -0.2) is 4.39 Å². The topological polar surface area (TPSA) is 51.2 Å². The Bertz CT molecular complexity index is 702. The van der Waals surface area contributed by atoms with Crippen LogP contribution in [-0.4, -0.2) is 17.4 Å². The maximum absolute atomic E-state index is 14.1. The number of halogens is 1. The summed E-state index contributed by atoms with van der Waals surface area (Å²) in [5.74, 6) is -0.0868. The highest BCUT2D eigenvalue weighted by Gasteiger charge is 2.05. The molecule has 4 nitrogen and oxygen atoms in total. The third kappa shape index (κ3) is 6.75. The first-order chi connectivity index (χ1) is 12.2. The number of pyridine rings is 1. The number of carbonyl (C=O) groups is 1. The van der Waals surface area contributed by atoms with Crippen molar-refractivity contribution in [2.45, 2.75) is 32.6 Å². The van der Waals surface area contributed by atoms with Gasteiger partial charge < -0.3 is 10.1 Å². The van der Waals surface area contributed by atoms with Crippen molar-refractivity contribution in [1.82, 2.24) is 10.3 Å². The summed E-state index contributed by atoms with van der Waals surface area (Å²) >= 11 is 0. The van der Waals surface area contributed by atoms with Crippen LogP contribution in [-0.2, 0) is 4.79 Å². The third-order valence-electron chi connectivity index (χ3n) is 3.57. The predicted molar refractivity (Wildman–Crippen MR) is 96.9 cm³/mol. The summed E-state index contributed by atoms with van der Waals surface area (Å²) in [7, 11) is 0. The number of hydrogen-bond acceptors (Lipinski definition) is 3. The lowest BCUT2D eigenvalue weighted by atomic mass is 10.2. The Morgan fingerprint density at radius 2 is 2.16 bits per heavy atom. The molecule has 132 valence electrons. The number of hydrogen-bond donors (Lipinski definition) is 1. The summed E-state index contributed by atoms with van der Waals surface area (Å²) in [6.45, 7) is 2.81. The second-order valence-electron chi connectivity index (χ2n) is 5.67. The van der Waals surface area contributed by atoms with E-state index in [0.29, 0.717) is 17.9 Å². The Labute approximate surface area is 147 Å². The Hall–Kier alpha value is -2.69. The molecule has 0 saturated heterocycles. The molecule has 1 aromatic heterocycles. The molecule has 0 unspecified atom stereocenters. The molecular weight excluding hydrogens is 319 g/mol. The monoisotopic (exact) mass is 342 g/mol. The minimum atomic E-state index is -0.494. The standard InChI is InChI=1S/C20H23FN2O2/c1-2-3-4-5-13-23-20(24)11-9-16-8-10-19(18(21)14-16)25-17-7-6-12-22-15-17/h6-12,14-15H,2-5,13H2,1H3,(H,23,24)/b11-9+. The zero-order valence-corrected chi connectivity index (χ0v) is 14.4. The largest absolute Gasteiger partial charge is 0.453 e. The van der Waals surface area contributed by atoms with E-state index in [0.717, 1.165) is 12.8 Å². The highest BCUT2D eigenvalue weighted by Crippen LogP contribution is 2.24. The molecule has 0 bridgehead atoms. The van der Waals surface area contributed by atoms with Crippen LogP contribution in [0.1, 0.15) is 38.2 Å². The number of unbranched alkanes of at least 4 members (excludes halogenated alkanes) is 3. The molecular formula is C20H23FN2O2. The SMILES string of the molecule is CCCCCCNC(=O)/C=C/c1ccc(Oc2cccnc2)c(F)c1. The van der Waals surface area contributed by atoms with Crippen LogP contribution in [0.15, 0.2) is 48.8 Å². The number of nitrogens with zero attached hydrogens (tertiary/aromatic N) is 1. The minimum Gasteiger partial charge on any atom is -0.453 e. The quantitative estimate of drug-likeness (QED) is 0.530. The van der Waals surface area contributed by atoms with Crippen molar-refractivity contribution >= 4 is 12.0 Å². The van der Waals surface area contributed by atoms with Gasteiger partial charge in [-0.3, -0.25) is 9.78 Å². The van der Waals surface area contributed by atoms with Gasteiger partial charge in [0, 0.05) is 18.8 Å². The normalized spacial score (nSPS) is 10.8. The average molecular weight is 342 g/mol. The molecule has 1 heterocycles. The summed E-state index contributed by atoms with van der Waals surface area (Å²) in [5.41, 5.74) is 0.595. The van der Waals surface area contributed by atoms with Gasteiger partial charge in [-0.15, -0.1) is 0 Å². The highest BCUT2D eigenvalue weighted by molar-refractivity contribution is 5.91. The molecule has 2 aromatic rings. The number of amides is 1. The lowest BCUT2D eigenvalue weighted by Gasteiger charge is -2.06. The first-order valence-corrected chi connectivity index (χ1v) is 8.52. The summed E-state index contributed by atoms with van der Waals surface area (Å²) in [6.07, 6.45) is 10.6. The number of benzene rings is 1. The molecule has 1 amide bonds. The smallest absolute Gasteiger partial charge is 0.243 e. The first kappa shape index (κ1) is 18.6. The molecule has 1 aromatic carbocycles. The van der Waals surface area contributed by atoms with E-state index in [2.05, 4.69) is 17.2 Å². The van der Waals surface area contributed by atoms with Crippen molar-refractivity contribution in [3.05, 3.63) is 60.2 Å². The Kier molecular flexibility index (Phi) is 7.63. The van der Waals surface area contributed by atoms with Crippen molar-refractivity contribution in [3.63, 3.8) is 0 Å². The van der Waals surface area contributed by atoms with Crippen LogP contribution in [0, 0.1) is 5.82 Å². The zero-order chi connectivity index (χ0) is 17.9. The third-order valence-corrected chi connectivity index (χ3v) is 3.57. The second-order valence-corrected chi connectivity index (χ2v) is 5.67. The van der Waals surface area contributed by atoms with E-state index in [1.54, 1.807) is 30.5 Å². The van der Waals surface area contributed by atoms with Gasteiger partial charge in [0.25, 0.3) is 0 Å². The number of aromatic nitrogens is 1. The van der Waals surface area contributed by atoms with Crippen LogP contribution in [0.3, 0.4) is 0 Å². The molecule has 0 atom stereocenters. The average Bonchev–Trinajstić information content (AvgIpc) is 2.63. The lowest BCUT2D eigenvalue weighted by molar-refractivity contribution is -0.116. The van der Waals surface area contributed by atoms with Crippen molar-refractivity contribution in [2.75, 3.05) is 6.54 Å². The molecule has 5 heteroatoms. The lowest BCUT2D eigenvalue weighted by Crippen LogP contribution is -2.21. The Balaban J connectivity index is 1.86. The maximum Gasteiger partial charge on any atom is 0.243 e. The van der Waals surface area contributed by atoms with Crippen LogP contribution in [0.4, 0.5) is 4.39 Å². The highest BCUT2D eigenvalue weighted by atomic mass is 19.1. The van der Waals surface area contributed by atoms with Gasteiger partial charge >= 0.3 is 0 Å². The fourth-order valence-electron chi connectivity index (χ4n) is 2.23. The molecule has 25 heavy (non-hydrogen) atoms. The van der Waals surface area contributed by atoms with Crippen LogP contribution in [0.5, 0.6) is 11.5 Å². The van der Waals surface area contributed by atoms with Gasteiger partial charge in [0.15, 0.2) is 11.6 Å². The van der Waals surface area contributed by atoms with Gasteiger partial charge in [0.05, 0.1) is 6.20 Å². The molecule has 0 aliphatic heterocycles. The number of rotatable bonds is 9. The first-order valence-electron chi connectivity index (χ1n) is 8.52. The van der Waals surface area contributed by atoms with E-state index in [9.17, 15) is 9.18 Å². The van der Waals surface area contributed by atoms with Crippen LogP contribution < -0.4 is 10.1 Å². The minimum absolute atomic E-state index is 0.116. The fraction of sp³-hybridized carbons (Fsp3) is 0.300. The number of ether oxygens (including phenoxy) is 1. The van der Waals surface area contributed by atoms with Gasteiger partial charge in [-0.1, -0.05) is 32.3 Å². The van der Waals surface area contributed by atoms with E-state index in [-0.39, 0.29) is 11.7 Å². The number of nitrogens with one attached hydrogen (secondary N) is 1. The van der Waals surface area contributed by atoms with E-state index in [1.165, 1.54) is 37.2 Å². The molecule has 0 spiro atoms. The van der Waals surface area contributed by atoms with E-state index in [4.69, 9.17) is 4.74 Å². The number of carbonyl (C=O) groups excluding carboxylic acids is 1. The fourth-order valence-corrected chi connectivity index (χ4v) is 2.23. The molecule has 0 aliphatic rings. The van der Waals surface area contributed by atoms with Crippen molar-refractivity contribution < 1.29 is 13.9 Å². The van der Waals surface area contributed by atoms with Crippen LogP contribution in [0.2, 0.25) is 0 Å². The zero-order valence-electron chi connectivity index (χ0n) is 14.4. The molecule has 0 fully saturated rings. The van der Waals surface area contributed by atoms with Gasteiger partial charge in [0.1, 0.15) is 5.75 Å². The van der Waals surface area contributed by atoms with Crippen molar-refractivity contribution in [2.24, 2.45) is 0 Å². The summed E-state index contributed by atoms with van der Waals surface area (Å²) in [6, 6.07) is 7.97. The molecule has 0 radical (unpaired) electrons. The molecule has 1 N–H and O–H groups in total. The van der Waals surface area contributed by atoms with Crippen LogP contribution >= 0.6 is 0 Å². The van der Waals surface area contributed by atoms with Gasteiger partial charge in [-0.05, 0) is 42.3 Å². The second kappa shape index (κ2) is 10.2. The molecule has 0 saturated carbocycles. The van der Waals surface area contributed by atoms with Crippen molar-refractivity contribution in [3.8, 4) is 11.5 Å². The van der Waals surface area contributed by atoms with Gasteiger partial charge in [0.2, 0.25) is 5.91 Å². The van der Waals surface area contributed by atoms with Crippen molar-refractivity contribution in [1.29, 1.82) is 0 Å². The van der Waals surface area contributed by atoms with E-state index in [1.807, 2.05) is 0 Å². The summed E-state index contributed by atoms with van der Waals surface area (Å²) in [5, 5.41) is 2.82. The van der Waals surface area contributed by atoms with Crippen LogP contribution in [0.25, 0.3) is 6.08 Å². The summed E-state index contributed by atoms with van der Waals surface area (Å²) < 4.78 is 19.5. The van der Waals surface area contributed by atoms with Gasteiger partial charge in [-0.2, -0.15) is 0 Å². The molecule has 0 aliphatic carbocycles. The Morgan fingerprint density at radius 3 is 2.88 bits per heavy atom. The van der Waals surface area contributed by atoms with E-state index >= 15 is 0 Å². The Morgan fingerprint density at radius 1 is 1.28 bits per heavy atom. The molecule has 2 rings (SSSR count). The summed E-state index contributed by atoms with van der Waals surface area (Å²) in [4.78, 5) is 15.6. The van der Waals surface area contributed by atoms with E-state index < -0.39 is 5.82 Å².